The van der Waals surface area contributed by atoms with Gasteiger partial charge in [0.15, 0.2) is 0 Å². The number of aromatic hydroxyl groups is 1. The van der Waals surface area contributed by atoms with Crippen LogP contribution < -0.4 is 5.73 Å². The molecule has 0 amide bonds. The van der Waals surface area contributed by atoms with Crippen LogP contribution in [0.4, 0.5) is 5.69 Å². The summed E-state index contributed by atoms with van der Waals surface area (Å²) in [6.07, 6.45) is -0.183. The van der Waals surface area contributed by atoms with Crippen LogP contribution in [0.5, 0.6) is 5.75 Å². The summed E-state index contributed by atoms with van der Waals surface area (Å²) in [5, 5.41) is 20.4. The lowest BCUT2D eigenvalue weighted by Gasteiger charge is -2.13. The number of methoxy groups -OCH3 is 1. The molecule has 0 bridgehead atoms. The maximum atomic E-state index is 11.1. The number of nitrogens with zero attached hydrogens (tertiary/aromatic N) is 1. The first kappa shape index (κ1) is 14.4. The van der Waals surface area contributed by atoms with Gasteiger partial charge in [0.1, 0.15) is 5.75 Å². The predicted octanol–water partition coefficient (Wildman–Crippen LogP) is 1.63. The maximum absolute atomic E-state index is 11.1. The molecule has 0 aliphatic heterocycles. The Morgan fingerprint density at radius 1 is 1.67 bits per heavy atom. The Kier molecular flexibility index (Phi) is 4.62. The monoisotopic (exact) mass is 318 g/mol. The molecule has 0 aliphatic carbocycles. The number of nitro benzene ring substituents is 1. The van der Waals surface area contributed by atoms with Crippen molar-refractivity contribution in [2.45, 2.75) is 12.5 Å². The Hall–Kier alpha value is -1.67. The Morgan fingerprint density at radius 2 is 2.28 bits per heavy atom. The fourth-order valence-corrected chi connectivity index (χ4v) is 1.83. The van der Waals surface area contributed by atoms with E-state index in [0.717, 1.165) is 12.1 Å². The van der Waals surface area contributed by atoms with E-state index in [2.05, 4.69) is 20.7 Å². The molecule has 0 fully saturated rings. The lowest BCUT2D eigenvalue weighted by Crippen LogP contribution is -2.16. The molecule has 0 radical (unpaired) electrons. The third-order valence-electron chi connectivity index (χ3n) is 2.30. The zero-order valence-electron chi connectivity index (χ0n) is 9.42. The zero-order chi connectivity index (χ0) is 13.9. The van der Waals surface area contributed by atoms with E-state index in [9.17, 15) is 20.0 Å². The van der Waals surface area contributed by atoms with E-state index in [-0.39, 0.29) is 27.9 Å². The molecule has 0 heterocycles. The number of hydrogen-bond donors (Lipinski definition) is 2. The van der Waals surface area contributed by atoms with Gasteiger partial charge in [-0.05, 0) is 15.9 Å². The fourth-order valence-electron chi connectivity index (χ4n) is 1.37. The third kappa shape index (κ3) is 3.17. The average Bonchev–Trinajstić information content (AvgIpc) is 2.31. The van der Waals surface area contributed by atoms with Crippen molar-refractivity contribution in [3.8, 4) is 5.75 Å². The van der Waals surface area contributed by atoms with Crippen LogP contribution in [0.1, 0.15) is 18.0 Å². The highest BCUT2D eigenvalue weighted by Gasteiger charge is 2.21. The van der Waals surface area contributed by atoms with E-state index in [4.69, 9.17) is 5.73 Å². The molecule has 7 nitrogen and oxygen atoms in total. The standard InChI is InChI=1S/C10H11BrN2O5/c1-18-9(14)4-8(12)6-2-5(13(16)17)3-7(11)10(6)15/h2-3,8,15H,4,12H2,1H3/t8-/m0/s1. The maximum Gasteiger partial charge on any atom is 0.307 e. The van der Waals surface area contributed by atoms with Gasteiger partial charge in [0, 0.05) is 23.7 Å². The zero-order valence-corrected chi connectivity index (χ0v) is 11.0. The van der Waals surface area contributed by atoms with Crippen LogP contribution in [0.25, 0.3) is 0 Å². The van der Waals surface area contributed by atoms with E-state index < -0.39 is 16.9 Å². The summed E-state index contributed by atoms with van der Waals surface area (Å²) in [7, 11) is 1.21. The Bertz CT molecular complexity index is 491. The topological polar surface area (TPSA) is 116 Å². The molecule has 1 rings (SSSR count). The van der Waals surface area contributed by atoms with Crippen molar-refractivity contribution in [1.82, 2.24) is 0 Å². The van der Waals surface area contributed by atoms with Gasteiger partial charge in [-0.25, -0.2) is 0 Å². The second kappa shape index (κ2) is 5.78. The molecule has 0 unspecified atom stereocenters. The van der Waals surface area contributed by atoms with Crippen molar-refractivity contribution < 1.29 is 19.6 Å². The summed E-state index contributed by atoms with van der Waals surface area (Å²) in [4.78, 5) is 21.2. The SMILES string of the molecule is COC(=O)C[C@H](N)c1cc([N+](=O)[O-])cc(Br)c1O. The molecule has 0 saturated heterocycles. The summed E-state index contributed by atoms with van der Waals surface area (Å²) in [6, 6.07) is 1.41. The number of nitrogens with two attached hydrogens (primary N) is 1. The van der Waals surface area contributed by atoms with Crippen LogP contribution in [0, 0.1) is 10.1 Å². The number of phenols is 1. The number of hydrogen-bond acceptors (Lipinski definition) is 6. The van der Waals surface area contributed by atoms with Crippen LogP contribution >= 0.6 is 15.9 Å². The molecule has 1 aromatic rings. The molecule has 8 heteroatoms. The quantitative estimate of drug-likeness (QED) is 0.495. The number of non-ortho nitro benzene ring substituents is 1. The first-order chi connectivity index (χ1) is 8.36. The van der Waals surface area contributed by atoms with Crippen molar-refractivity contribution in [1.29, 1.82) is 0 Å². The van der Waals surface area contributed by atoms with Crippen molar-refractivity contribution in [2.75, 3.05) is 7.11 Å². The van der Waals surface area contributed by atoms with Crippen molar-refractivity contribution in [2.24, 2.45) is 5.73 Å². The number of carbonyl (C=O) groups excluding carboxylic acids is 1. The first-order valence-corrected chi connectivity index (χ1v) is 5.65. The number of esters is 1. The van der Waals surface area contributed by atoms with Crippen molar-refractivity contribution in [3.63, 3.8) is 0 Å². The van der Waals surface area contributed by atoms with Crippen LogP contribution in [0.3, 0.4) is 0 Å². The van der Waals surface area contributed by atoms with E-state index in [0.29, 0.717) is 0 Å². The number of carbonyl (C=O) groups is 1. The van der Waals surface area contributed by atoms with E-state index in [1.54, 1.807) is 0 Å². The van der Waals surface area contributed by atoms with Gasteiger partial charge in [-0.15, -0.1) is 0 Å². The number of phenolic OH excluding ortho intramolecular Hbond substituents is 1. The van der Waals surface area contributed by atoms with Gasteiger partial charge in [-0.1, -0.05) is 0 Å². The molecule has 0 saturated carbocycles. The molecular formula is C10H11BrN2O5. The molecule has 3 N–H and O–H groups in total. The van der Waals surface area contributed by atoms with Gasteiger partial charge in [0.05, 0.1) is 22.9 Å². The van der Waals surface area contributed by atoms with Crippen LogP contribution in [-0.2, 0) is 9.53 Å². The molecule has 0 aromatic heterocycles. The van der Waals surface area contributed by atoms with Gasteiger partial charge in [0.2, 0.25) is 0 Å². The largest absolute Gasteiger partial charge is 0.506 e. The highest BCUT2D eigenvalue weighted by Crippen LogP contribution is 2.36. The van der Waals surface area contributed by atoms with Crippen LogP contribution in [0.15, 0.2) is 16.6 Å². The summed E-state index contributed by atoms with van der Waals surface area (Å²) in [6.45, 7) is 0. The second-order valence-corrected chi connectivity index (χ2v) is 4.36. The summed E-state index contributed by atoms with van der Waals surface area (Å²) < 4.78 is 4.59. The van der Waals surface area contributed by atoms with E-state index >= 15 is 0 Å². The Labute approximate surface area is 111 Å². The van der Waals surface area contributed by atoms with Crippen molar-refractivity contribution >= 4 is 27.6 Å². The Morgan fingerprint density at radius 3 is 2.78 bits per heavy atom. The average molecular weight is 319 g/mol. The predicted molar refractivity (Wildman–Crippen MR) is 66.0 cm³/mol. The minimum Gasteiger partial charge on any atom is -0.506 e. The van der Waals surface area contributed by atoms with E-state index in [1.807, 2.05) is 0 Å². The Balaban J connectivity index is 3.14. The summed E-state index contributed by atoms with van der Waals surface area (Å²) in [5.41, 5.74) is 5.59. The normalized spacial score (nSPS) is 11.9. The van der Waals surface area contributed by atoms with Gasteiger partial charge in [-0.2, -0.15) is 0 Å². The highest BCUT2D eigenvalue weighted by atomic mass is 79.9. The molecule has 0 spiro atoms. The number of ether oxygens (including phenoxy) is 1. The first-order valence-electron chi connectivity index (χ1n) is 4.86. The van der Waals surface area contributed by atoms with Crippen LogP contribution in [0.2, 0.25) is 0 Å². The molecule has 98 valence electrons. The highest BCUT2D eigenvalue weighted by molar-refractivity contribution is 9.10. The minimum atomic E-state index is -0.881. The molecule has 0 aliphatic rings. The van der Waals surface area contributed by atoms with Gasteiger partial charge < -0.3 is 15.6 Å². The van der Waals surface area contributed by atoms with Gasteiger partial charge >= 0.3 is 5.97 Å². The molecule has 1 atom stereocenters. The van der Waals surface area contributed by atoms with Gasteiger partial charge in [-0.3, -0.25) is 14.9 Å². The fraction of sp³-hybridized carbons (Fsp3) is 0.300. The number of rotatable bonds is 4. The number of benzene rings is 1. The van der Waals surface area contributed by atoms with E-state index in [1.165, 1.54) is 7.11 Å². The lowest BCUT2D eigenvalue weighted by atomic mass is 10.0. The third-order valence-corrected chi connectivity index (χ3v) is 2.91. The second-order valence-electron chi connectivity index (χ2n) is 3.51. The number of halogens is 1. The number of nitro groups is 1. The van der Waals surface area contributed by atoms with Crippen LogP contribution in [-0.4, -0.2) is 23.1 Å². The summed E-state index contributed by atoms with van der Waals surface area (Å²) in [5.74, 6) is -0.790. The molecule has 1 aromatic carbocycles. The lowest BCUT2D eigenvalue weighted by molar-refractivity contribution is -0.385. The molecule has 18 heavy (non-hydrogen) atoms. The summed E-state index contributed by atoms with van der Waals surface area (Å²) >= 11 is 2.99. The minimum absolute atomic E-state index is 0.112. The van der Waals surface area contributed by atoms with Crippen molar-refractivity contribution in [3.05, 3.63) is 32.3 Å². The van der Waals surface area contributed by atoms with Gasteiger partial charge in [0.25, 0.3) is 5.69 Å². The smallest absolute Gasteiger partial charge is 0.307 e. The molecular weight excluding hydrogens is 308 g/mol.